The molecule has 128 valence electrons. The Morgan fingerprint density at radius 2 is 2.04 bits per heavy atom. The smallest absolute Gasteiger partial charge is 0.259 e. The zero-order valence-electron chi connectivity index (χ0n) is 14.7. The molecule has 0 radical (unpaired) electrons. The van der Waals surface area contributed by atoms with Gasteiger partial charge in [0.05, 0.1) is 22.7 Å². The molecule has 4 rings (SSSR count). The minimum absolute atomic E-state index is 0.0820. The van der Waals surface area contributed by atoms with Crippen LogP contribution in [0.5, 0.6) is 0 Å². The van der Waals surface area contributed by atoms with Crippen molar-refractivity contribution in [3.8, 4) is 0 Å². The molecule has 1 fully saturated rings. The van der Waals surface area contributed by atoms with Crippen LogP contribution in [0.4, 0.5) is 0 Å². The number of hydrogen-bond acceptors (Lipinski definition) is 4. The lowest BCUT2D eigenvalue weighted by Crippen LogP contribution is -2.27. The highest BCUT2D eigenvalue weighted by atomic mass is 16.5. The van der Waals surface area contributed by atoms with Gasteiger partial charge in [0.2, 0.25) is 0 Å². The molecule has 0 unspecified atom stereocenters. The molecule has 1 saturated carbocycles. The van der Waals surface area contributed by atoms with Gasteiger partial charge in [-0.05, 0) is 50.8 Å². The zero-order valence-corrected chi connectivity index (χ0v) is 14.7. The van der Waals surface area contributed by atoms with Crippen molar-refractivity contribution in [1.82, 2.24) is 15.5 Å². The van der Waals surface area contributed by atoms with E-state index in [4.69, 9.17) is 4.52 Å². The molecule has 5 heteroatoms. The second kappa shape index (κ2) is 5.99. The van der Waals surface area contributed by atoms with E-state index in [0.717, 1.165) is 29.7 Å². The number of carbonyl (C=O) groups excluding carboxylic acids is 1. The van der Waals surface area contributed by atoms with Crippen molar-refractivity contribution in [3.63, 3.8) is 0 Å². The number of amides is 1. The SMILES string of the molecule is Cc1ccccc1[C@@H](C)NC(=O)c1cc(C2CC2)nc2onc(C)c12. The van der Waals surface area contributed by atoms with E-state index in [-0.39, 0.29) is 11.9 Å². The fraction of sp³-hybridized carbons (Fsp3) is 0.350. The number of aromatic nitrogens is 2. The topological polar surface area (TPSA) is 68.0 Å². The summed E-state index contributed by atoms with van der Waals surface area (Å²) in [6, 6.07) is 9.92. The van der Waals surface area contributed by atoms with Crippen LogP contribution < -0.4 is 5.32 Å². The molecule has 25 heavy (non-hydrogen) atoms. The second-order valence-electron chi connectivity index (χ2n) is 6.87. The number of fused-ring (bicyclic) bond motifs is 1. The van der Waals surface area contributed by atoms with E-state index in [9.17, 15) is 4.79 Å². The largest absolute Gasteiger partial charge is 0.345 e. The lowest BCUT2D eigenvalue weighted by Gasteiger charge is -2.17. The van der Waals surface area contributed by atoms with E-state index in [0.29, 0.717) is 28.3 Å². The molecule has 5 nitrogen and oxygen atoms in total. The van der Waals surface area contributed by atoms with Crippen molar-refractivity contribution in [1.29, 1.82) is 0 Å². The fourth-order valence-corrected chi connectivity index (χ4v) is 3.31. The van der Waals surface area contributed by atoms with Gasteiger partial charge in [0.15, 0.2) is 0 Å². The number of aryl methyl sites for hydroxylation is 2. The first-order valence-corrected chi connectivity index (χ1v) is 8.68. The van der Waals surface area contributed by atoms with Gasteiger partial charge in [0.1, 0.15) is 0 Å². The molecule has 3 aromatic rings. The summed E-state index contributed by atoms with van der Waals surface area (Å²) in [6.07, 6.45) is 2.23. The number of nitrogens with one attached hydrogen (secondary N) is 1. The summed E-state index contributed by atoms with van der Waals surface area (Å²) in [7, 11) is 0. The Kier molecular flexibility index (Phi) is 3.79. The van der Waals surface area contributed by atoms with Crippen LogP contribution in [0.25, 0.3) is 11.1 Å². The summed E-state index contributed by atoms with van der Waals surface area (Å²) < 4.78 is 5.33. The van der Waals surface area contributed by atoms with E-state index in [1.165, 1.54) is 0 Å². The summed E-state index contributed by atoms with van der Waals surface area (Å²) in [6.45, 7) is 5.89. The molecular formula is C20H21N3O2. The number of rotatable bonds is 4. The monoisotopic (exact) mass is 335 g/mol. The van der Waals surface area contributed by atoms with Crippen LogP contribution in [-0.2, 0) is 0 Å². The Bertz CT molecular complexity index is 957. The molecule has 0 aliphatic heterocycles. The van der Waals surface area contributed by atoms with Gasteiger partial charge < -0.3 is 9.84 Å². The molecule has 1 amide bonds. The first-order chi connectivity index (χ1) is 12.0. The van der Waals surface area contributed by atoms with Crippen LogP contribution in [0.15, 0.2) is 34.9 Å². The predicted molar refractivity (Wildman–Crippen MR) is 95.6 cm³/mol. The third kappa shape index (κ3) is 2.90. The molecule has 1 aliphatic rings. The average molecular weight is 335 g/mol. The first-order valence-electron chi connectivity index (χ1n) is 8.68. The zero-order chi connectivity index (χ0) is 17.6. The van der Waals surface area contributed by atoms with Crippen molar-refractivity contribution >= 4 is 17.0 Å². The molecule has 2 heterocycles. The Hall–Kier alpha value is -2.69. The van der Waals surface area contributed by atoms with Crippen molar-refractivity contribution in [3.05, 3.63) is 58.4 Å². The number of carbonyl (C=O) groups is 1. The van der Waals surface area contributed by atoms with E-state index < -0.39 is 0 Å². The highest BCUT2D eigenvalue weighted by Crippen LogP contribution is 2.40. The number of benzene rings is 1. The minimum Gasteiger partial charge on any atom is -0.345 e. The fourth-order valence-electron chi connectivity index (χ4n) is 3.31. The number of nitrogens with zero attached hydrogens (tertiary/aromatic N) is 2. The van der Waals surface area contributed by atoms with Crippen LogP contribution in [0.3, 0.4) is 0 Å². The Labute approximate surface area is 146 Å². The maximum Gasteiger partial charge on any atom is 0.259 e. The predicted octanol–water partition coefficient (Wildman–Crippen LogP) is 4.21. The molecule has 0 saturated heterocycles. The lowest BCUT2D eigenvalue weighted by atomic mass is 10.0. The molecule has 0 spiro atoms. The third-order valence-corrected chi connectivity index (χ3v) is 4.88. The van der Waals surface area contributed by atoms with Crippen molar-refractivity contribution in [2.75, 3.05) is 0 Å². The Balaban J connectivity index is 1.69. The van der Waals surface area contributed by atoms with Gasteiger partial charge in [-0.1, -0.05) is 29.4 Å². The van der Waals surface area contributed by atoms with E-state index in [2.05, 4.69) is 28.4 Å². The summed E-state index contributed by atoms with van der Waals surface area (Å²) >= 11 is 0. The van der Waals surface area contributed by atoms with Crippen LogP contribution >= 0.6 is 0 Å². The maximum atomic E-state index is 13.0. The van der Waals surface area contributed by atoms with Crippen molar-refractivity contribution in [2.24, 2.45) is 0 Å². The normalized spacial score (nSPS) is 15.3. The van der Waals surface area contributed by atoms with E-state index in [1.807, 2.05) is 38.1 Å². The highest BCUT2D eigenvalue weighted by Gasteiger charge is 2.29. The Morgan fingerprint density at radius 1 is 1.28 bits per heavy atom. The summed E-state index contributed by atoms with van der Waals surface area (Å²) in [5.74, 6) is 0.325. The van der Waals surface area contributed by atoms with Gasteiger partial charge >= 0.3 is 0 Å². The molecule has 0 bridgehead atoms. The third-order valence-electron chi connectivity index (χ3n) is 4.88. The average Bonchev–Trinajstić information content (AvgIpc) is 3.38. The molecule has 1 aromatic carbocycles. The van der Waals surface area contributed by atoms with Crippen LogP contribution in [0.1, 0.15) is 64.6 Å². The van der Waals surface area contributed by atoms with Crippen molar-refractivity contribution < 1.29 is 9.32 Å². The van der Waals surface area contributed by atoms with Crippen molar-refractivity contribution in [2.45, 2.75) is 45.6 Å². The van der Waals surface area contributed by atoms with Gasteiger partial charge in [0, 0.05) is 11.6 Å². The quantitative estimate of drug-likeness (QED) is 0.775. The van der Waals surface area contributed by atoms with Crippen LogP contribution in [0.2, 0.25) is 0 Å². The standard InChI is InChI=1S/C20H21N3O2/c1-11-6-4-5-7-15(11)12(2)21-19(24)16-10-17(14-8-9-14)22-20-18(16)13(3)23-25-20/h4-7,10,12,14H,8-9H2,1-3H3,(H,21,24)/t12-/m1/s1. The molecule has 1 N–H and O–H groups in total. The molecule has 1 atom stereocenters. The second-order valence-corrected chi connectivity index (χ2v) is 6.87. The molecule has 1 aliphatic carbocycles. The number of pyridine rings is 1. The number of hydrogen-bond donors (Lipinski definition) is 1. The molecular weight excluding hydrogens is 314 g/mol. The van der Waals surface area contributed by atoms with Gasteiger partial charge in [0.25, 0.3) is 11.6 Å². The summed E-state index contributed by atoms with van der Waals surface area (Å²) in [5.41, 5.74) is 4.96. The van der Waals surface area contributed by atoms with Gasteiger partial charge in [-0.2, -0.15) is 0 Å². The van der Waals surface area contributed by atoms with Crippen LogP contribution in [-0.4, -0.2) is 16.0 Å². The maximum absolute atomic E-state index is 13.0. The molecule has 2 aromatic heterocycles. The van der Waals surface area contributed by atoms with E-state index in [1.54, 1.807) is 0 Å². The summed E-state index contributed by atoms with van der Waals surface area (Å²) in [4.78, 5) is 17.5. The van der Waals surface area contributed by atoms with Gasteiger partial charge in [-0.25, -0.2) is 4.98 Å². The minimum atomic E-state index is -0.114. The summed E-state index contributed by atoms with van der Waals surface area (Å²) in [5, 5.41) is 7.81. The Morgan fingerprint density at radius 3 is 2.76 bits per heavy atom. The lowest BCUT2D eigenvalue weighted by molar-refractivity contribution is 0.0941. The van der Waals surface area contributed by atoms with Gasteiger partial charge in [-0.3, -0.25) is 4.79 Å². The highest BCUT2D eigenvalue weighted by molar-refractivity contribution is 6.06. The van der Waals surface area contributed by atoms with Crippen LogP contribution in [0, 0.1) is 13.8 Å². The first kappa shape index (κ1) is 15.8. The van der Waals surface area contributed by atoms with E-state index >= 15 is 0 Å². The van der Waals surface area contributed by atoms with Gasteiger partial charge in [-0.15, -0.1) is 0 Å².